The number of urea groups is 2. The number of hydrogen-bond acceptors (Lipinski definition) is 2. The lowest BCUT2D eigenvalue weighted by Crippen LogP contribution is -2.53. The number of nitrogens with zero attached hydrogens (tertiary/aromatic N) is 2. The molecule has 0 bridgehead atoms. The van der Waals surface area contributed by atoms with Crippen LogP contribution in [0.15, 0.2) is 0 Å². The molecule has 0 aliphatic heterocycles. The highest BCUT2D eigenvalue weighted by molar-refractivity contribution is 5.79. The average molecular weight is 202 g/mol. The maximum Gasteiger partial charge on any atom is 0.336 e. The summed E-state index contributed by atoms with van der Waals surface area (Å²) in [5.41, 5.74) is 0. The highest BCUT2D eigenvalue weighted by atomic mass is 16.2. The van der Waals surface area contributed by atoms with Gasteiger partial charge in [-0.1, -0.05) is 0 Å². The number of amides is 4. The molecular formula is C8H18N4O2. The van der Waals surface area contributed by atoms with Crippen LogP contribution in [0.4, 0.5) is 9.59 Å². The van der Waals surface area contributed by atoms with Gasteiger partial charge in [0.2, 0.25) is 0 Å². The minimum absolute atomic E-state index is 0.277. The van der Waals surface area contributed by atoms with Crippen LogP contribution in [0.5, 0.6) is 0 Å². The Morgan fingerprint density at radius 3 is 2.14 bits per heavy atom. The fraction of sp³-hybridized carbons (Fsp3) is 0.750. The second-order valence-corrected chi connectivity index (χ2v) is 2.63. The van der Waals surface area contributed by atoms with Gasteiger partial charge in [-0.15, -0.1) is 0 Å². The van der Waals surface area contributed by atoms with Crippen LogP contribution >= 0.6 is 0 Å². The molecule has 0 spiro atoms. The van der Waals surface area contributed by atoms with Gasteiger partial charge < -0.3 is 10.6 Å². The molecule has 0 saturated heterocycles. The van der Waals surface area contributed by atoms with E-state index in [1.165, 1.54) is 24.1 Å². The van der Waals surface area contributed by atoms with Crippen LogP contribution in [0.3, 0.4) is 0 Å². The van der Waals surface area contributed by atoms with E-state index in [0.29, 0.717) is 13.1 Å². The maximum absolute atomic E-state index is 11.4. The van der Waals surface area contributed by atoms with Crippen molar-refractivity contribution < 1.29 is 9.59 Å². The number of nitrogens with one attached hydrogen (secondary N) is 2. The van der Waals surface area contributed by atoms with E-state index < -0.39 is 0 Å². The lowest BCUT2D eigenvalue weighted by molar-refractivity contribution is 0.0718. The van der Waals surface area contributed by atoms with Gasteiger partial charge in [0.25, 0.3) is 0 Å². The molecule has 4 amide bonds. The summed E-state index contributed by atoms with van der Waals surface area (Å²) in [4.78, 5) is 22.6. The normalized spacial score (nSPS) is 9.14. The molecule has 6 nitrogen and oxygen atoms in total. The molecule has 82 valence electrons. The Bertz CT molecular complexity index is 208. The third-order valence-corrected chi connectivity index (χ3v) is 1.73. The van der Waals surface area contributed by atoms with Crippen molar-refractivity contribution in [3.8, 4) is 0 Å². The van der Waals surface area contributed by atoms with Crippen LogP contribution in [0.2, 0.25) is 0 Å². The first-order chi connectivity index (χ1) is 6.58. The summed E-state index contributed by atoms with van der Waals surface area (Å²) >= 11 is 0. The van der Waals surface area contributed by atoms with Crippen LogP contribution < -0.4 is 10.6 Å². The molecule has 0 atom stereocenters. The van der Waals surface area contributed by atoms with Crippen molar-refractivity contribution in [1.29, 1.82) is 0 Å². The Hall–Kier alpha value is -1.46. The molecule has 0 aliphatic rings. The van der Waals surface area contributed by atoms with Gasteiger partial charge >= 0.3 is 12.1 Å². The summed E-state index contributed by atoms with van der Waals surface area (Å²) in [6, 6.07) is -0.598. The zero-order valence-corrected chi connectivity index (χ0v) is 9.13. The van der Waals surface area contributed by atoms with Gasteiger partial charge in [-0.05, 0) is 13.8 Å². The minimum atomic E-state index is -0.321. The Morgan fingerprint density at radius 2 is 1.79 bits per heavy atom. The first-order valence-electron chi connectivity index (χ1n) is 4.59. The van der Waals surface area contributed by atoms with E-state index in [-0.39, 0.29) is 12.1 Å². The molecule has 14 heavy (non-hydrogen) atoms. The quantitative estimate of drug-likeness (QED) is 0.629. The van der Waals surface area contributed by atoms with Crippen LogP contribution in [0, 0.1) is 0 Å². The molecular weight excluding hydrogens is 184 g/mol. The maximum atomic E-state index is 11.4. The molecule has 0 aromatic rings. The molecule has 0 unspecified atom stereocenters. The van der Waals surface area contributed by atoms with E-state index in [0.717, 1.165) is 0 Å². The Kier molecular flexibility index (Phi) is 5.43. The molecule has 0 aliphatic carbocycles. The minimum Gasteiger partial charge on any atom is -0.340 e. The van der Waals surface area contributed by atoms with Crippen molar-refractivity contribution in [3.05, 3.63) is 0 Å². The number of hydrogen-bond donors (Lipinski definition) is 2. The summed E-state index contributed by atoms with van der Waals surface area (Å²) in [7, 11) is 3.06. The van der Waals surface area contributed by atoms with Crippen molar-refractivity contribution in [3.63, 3.8) is 0 Å². The Labute approximate surface area is 84.2 Å². The monoisotopic (exact) mass is 202 g/mol. The fourth-order valence-electron chi connectivity index (χ4n) is 1.01. The summed E-state index contributed by atoms with van der Waals surface area (Å²) < 4.78 is 0. The molecule has 0 rings (SSSR count). The highest BCUT2D eigenvalue weighted by Gasteiger charge is 2.19. The topological polar surface area (TPSA) is 64.7 Å². The van der Waals surface area contributed by atoms with Crippen molar-refractivity contribution >= 4 is 12.1 Å². The summed E-state index contributed by atoms with van der Waals surface area (Å²) in [5.74, 6) is 0. The fourth-order valence-corrected chi connectivity index (χ4v) is 1.01. The highest BCUT2D eigenvalue weighted by Crippen LogP contribution is 1.95. The van der Waals surface area contributed by atoms with Gasteiger partial charge in [-0.25, -0.2) is 19.6 Å². The van der Waals surface area contributed by atoms with Gasteiger partial charge in [-0.3, -0.25) is 0 Å². The van der Waals surface area contributed by atoms with Crippen molar-refractivity contribution in [2.24, 2.45) is 0 Å². The van der Waals surface area contributed by atoms with Crippen molar-refractivity contribution in [2.75, 3.05) is 27.2 Å². The molecule has 0 heterocycles. The largest absolute Gasteiger partial charge is 0.340 e. The number of rotatable bonds is 2. The zero-order chi connectivity index (χ0) is 11.1. The molecule has 0 aromatic carbocycles. The van der Waals surface area contributed by atoms with Gasteiger partial charge in [0.1, 0.15) is 0 Å². The lowest BCUT2D eigenvalue weighted by atomic mass is 10.6. The predicted octanol–water partition coefficient (Wildman–Crippen LogP) is 0.224. The third kappa shape index (κ3) is 3.12. The van der Waals surface area contributed by atoms with E-state index in [1.807, 2.05) is 6.92 Å². The van der Waals surface area contributed by atoms with Crippen LogP contribution in [-0.4, -0.2) is 49.3 Å². The molecule has 6 heteroatoms. The SMILES string of the molecule is CCNC(=O)N(CC)N(C)C(=O)NC. The molecule has 0 aromatic heterocycles. The van der Waals surface area contributed by atoms with Crippen LogP contribution in [-0.2, 0) is 0 Å². The Balaban J connectivity index is 4.39. The van der Waals surface area contributed by atoms with Crippen LogP contribution in [0.25, 0.3) is 0 Å². The van der Waals surface area contributed by atoms with E-state index in [2.05, 4.69) is 10.6 Å². The van der Waals surface area contributed by atoms with E-state index in [9.17, 15) is 9.59 Å². The number of carbonyl (C=O) groups is 2. The molecule has 2 N–H and O–H groups in total. The summed E-state index contributed by atoms with van der Waals surface area (Å²) in [6.45, 7) is 4.60. The second-order valence-electron chi connectivity index (χ2n) is 2.63. The smallest absolute Gasteiger partial charge is 0.336 e. The van der Waals surface area contributed by atoms with Gasteiger partial charge in [-0.2, -0.15) is 0 Å². The number of carbonyl (C=O) groups excluding carboxylic acids is 2. The predicted molar refractivity (Wildman–Crippen MR) is 53.7 cm³/mol. The lowest BCUT2D eigenvalue weighted by Gasteiger charge is -2.30. The summed E-state index contributed by atoms with van der Waals surface area (Å²) in [6.07, 6.45) is 0. The zero-order valence-electron chi connectivity index (χ0n) is 9.13. The van der Waals surface area contributed by atoms with E-state index in [4.69, 9.17) is 0 Å². The first kappa shape index (κ1) is 12.5. The summed E-state index contributed by atoms with van der Waals surface area (Å²) in [5, 5.41) is 7.63. The third-order valence-electron chi connectivity index (χ3n) is 1.73. The standard InChI is InChI=1S/C8H18N4O2/c1-5-10-8(14)12(6-2)11(4)7(13)9-3/h5-6H2,1-4H3,(H,9,13)(H,10,14). The molecule has 0 fully saturated rings. The van der Waals surface area contributed by atoms with Gasteiger partial charge in [0.05, 0.1) is 0 Å². The van der Waals surface area contributed by atoms with E-state index in [1.54, 1.807) is 6.92 Å². The average Bonchev–Trinajstić information content (AvgIpc) is 2.18. The number of hydrazine groups is 1. The second kappa shape index (κ2) is 6.06. The van der Waals surface area contributed by atoms with Crippen molar-refractivity contribution in [1.82, 2.24) is 20.7 Å². The van der Waals surface area contributed by atoms with Gasteiger partial charge in [0, 0.05) is 27.2 Å². The van der Waals surface area contributed by atoms with E-state index >= 15 is 0 Å². The molecule has 0 saturated carbocycles. The molecule has 0 radical (unpaired) electrons. The van der Waals surface area contributed by atoms with Gasteiger partial charge in [0.15, 0.2) is 0 Å². The first-order valence-corrected chi connectivity index (χ1v) is 4.59. The van der Waals surface area contributed by atoms with Crippen LogP contribution in [0.1, 0.15) is 13.8 Å². The Morgan fingerprint density at radius 1 is 1.21 bits per heavy atom. The van der Waals surface area contributed by atoms with Crippen molar-refractivity contribution in [2.45, 2.75) is 13.8 Å².